The summed E-state index contributed by atoms with van der Waals surface area (Å²) < 4.78 is 0. The predicted molar refractivity (Wildman–Crippen MR) is 67.7 cm³/mol. The van der Waals surface area contributed by atoms with Crippen LogP contribution >= 0.6 is 11.3 Å². The van der Waals surface area contributed by atoms with Crippen molar-refractivity contribution in [2.75, 3.05) is 5.32 Å². The van der Waals surface area contributed by atoms with Crippen molar-refractivity contribution in [3.63, 3.8) is 0 Å². The highest BCUT2D eigenvalue weighted by Gasteiger charge is 2.09. The van der Waals surface area contributed by atoms with E-state index in [-0.39, 0.29) is 5.91 Å². The van der Waals surface area contributed by atoms with Crippen LogP contribution in [0.5, 0.6) is 0 Å². The molecule has 0 saturated heterocycles. The molecule has 4 nitrogen and oxygen atoms in total. The highest BCUT2D eigenvalue weighted by molar-refractivity contribution is 7.14. The minimum absolute atomic E-state index is 0.121. The number of para-hydroxylation sites is 1. The molecule has 0 atom stereocenters. The van der Waals surface area contributed by atoms with Crippen molar-refractivity contribution in [2.45, 2.75) is 6.61 Å². The first-order valence-corrected chi connectivity index (χ1v) is 5.88. The van der Waals surface area contributed by atoms with Crippen LogP contribution in [0, 0.1) is 0 Å². The number of hydrogen-bond acceptors (Lipinski definition) is 4. The van der Waals surface area contributed by atoms with Gasteiger partial charge in [0.25, 0.3) is 5.91 Å². The first-order chi connectivity index (χ1) is 8.29. The fourth-order valence-corrected chi connectivity index (χ4v) is 2.20. The number of anilines is 1. The molecule has 0 unspecified atom stereocenters. The van der Waals surface area contributed by atoms with E-state index in [1.165, 1.54) is 11.3 Å². The van der Waals surface area contributed by atoms with Gasteiger partial charge in [0.15, 0.2) is 0 Å². The number of rotatable bonds is 4. The minimum atomic E-state index is -0.121. The minimum Gasteiger partial charge on any atom is -0.321 e. The average Bonchev–Trinajstić information content (AvgIpc) is 2.79. The fourth-order valence-electron chi connectivity index (χ4n) is 1.37. The van der Waals surface area contributed by atoms with Crippen molar-refractivity contribution < 1.29 is 9.63 Å². The molecule has 88 valence electrons. The highest BCUT2D eigenvalue weighted by Crippen LogP contribution is 2.18. The number of carbonyl (C=O) groups excluding carboxylic acids is 1. The molecule has 0 aliphatic carbocycles. The van der Waals surface area contributed by atoms with Crippen molar-refractivity contribution in [1.82, 2.24) is 0 Å². The molecule has 1 amide bonds. The van der Waals surface area contributed by atoms with Crippen LogP contribution < -0.4 is 11.2 Å². The van der Waals surface area contributed by atoms with Crippen molar-refractivity contribution in [2.24, 2.45) is 5.90 Å². The molecular formula is C12H12N2O2S. The Morgan fingerprint density at radius 2 is 2.00 bits per heavy atom. The van der Waals surface area contributed by atoms with E-state index in [2.05, 4.69) is 10.2 Å². The Bertz CT molecular complexity index is 496. The smallest absolute Gasteiger partial charge is 0.265 e. The molecule has 1 aromatic heterocycles. The Kier molecular flexibility index (Phi) is 3.87. The van der Waals surface area contributed by atoms with Crippen LogP contribution in [0.1, 0.15) is 14.5 Å². The van der Waals surface area contributed by atoms with Gasteiger partial charge in [0.1, 0.15) is 6.61 Å². The number of benzene rings is 1. The first kappa shape index (κ1) is 11.8. The topological polar surface area (TPSA) is 64.3 Å². The summed E-state index contributed by atoms with van der Waals surface area (Å²) in [6.07, 6.45) is 0. The Morgan fingerprint density at radius 1 is 1.24 bits per heavy atom. The van der Waals surface area contributed by atoms with Crippen molar-refractivity contribution >= 4 is 22.9 Å². The Hall–Kier alpha value is -1.69. The second-order valence-electron chi connectivity index (χ2n) is 3.40. The summed E-state index contributed by atoms with van der Waals surface area (Å²) >= 11 is 1.37. The summed E-state index contributed by atoms with van der Waals surface area (Å²) in [5, 5.41) is 2.81. The van der Waals surface area contributed by atoms with Crippen molar-refractivity contribution in [3.8, 4) is 0 Å². The van der Waals surface area contributed by atoms with Crippen LogP contribution in [-0.2, 0) is 11.4 Å². The summed E-state index contributed by atoms with van der Waals surface area (Å²) in [4.78, 5) is 17.9. The molecule has 0 bridgehead atoms. The maximum Gasteiger partial charge on any atom is 0.265 e. The SMILES string of the molecule is NOCc1ccc(C(=O)Nc2ccccc2)s1. The van der Waals surface area contributed by atoms with Gasteiger partial charge in [-0.2, -0.15) is 0 Å². The molecule has 5 heteroatoms. The number of carbonyl (C=O) groups is 1. The van der Waals surface area contributed by atoms with Gasteiger partial charge in [-0.3, -0.25) is 9.63 Å². The van der Waals surface area contributed by atoms with E-state index in [1.807, 2.05) is 36.4 Å². The lowest BCUT2D eigenvalue weighted by atomic mass is 10.3. The maximum atomic E-state index is 11.9. The van der Waals surface area contributed by atoms with Gasteiger partial charge in [0, 0.05) is 10.6 Å². The lowest BCUT2D eigenvalue weighted by Crippen LogP contribution is -2.09. The van der Waals surface area contributed by atoms with E-state index < -0.39 is 0 Å². The normalized spacial score (nSPS) is 10.2. The van der Waals surface area contributed by atoms with Crippen LogP contribution in [0.2, 0.25) is 0 Å². The van der Waals surface area contributed by atoms with Gasteiger partial charge in [0.2, 0.25) is 0 Å². The van der Waals surface area contributed by atoms with Crippen molar-refractivity contribution in [1.29, 1.82) is 0 Å². The van der Waals surface area contributed by atoms with Crippen molar-refractivity contribution in [3.05, 3.63) is 52.2 Å². The summed E-state index contributed by atoms with van der Waals surface area (Å²) in [7, 11) is 0. The lowest BCUT2D eigenvalue weighted by molar-refractivity contribution is 0.103. The molecule has 2 aromatic rings. The van der Waals surface area contributed by atoms with E-state index in [0.29, 0.717) is 11.5 Å². The molecule has 0 fully saturated rings. The highest BCUT2D eigenvalue weighted by atomic mass is 32.1. The van der Waals surface area contributed by atoms with Gasteiger partial charge in [-0.1, -0.05) is 18.2 Å². The monoisotopic (exact) mass is 248 g/mol. The number of nitrogens with two attached hydrogens (primary N) is 1. The Morgan fingerprint density at radius 3 is 2.71 bits per heavy atom. The van der Waals surface area contributed by atoms with Crippen LogP contribution in [0.25, 0.3) is 0 Å². The number of thiophene rings is 1. The second-order valence-corrected chi connectivity index (χ2v) is 4.57. The molecule has 3 N–H and O–H groups in total. The first-order valence-electron chi connectivity index (χ1n) is 5.06. The third-order valence-electron chi connectivity index (χ3n) is 2.14. The lowest BCUT2D eigenvalue weighted by Gasteiger charge is -2.02. The van der Waals surface area contributed by atoms with Crippen LogP contribution in [-0.4, -0.2) is 5.91 Å². The quantitative estimate of drug-likeness (QED) is 0.816. The molecule has 0 aliphatic rings. The van der Waals surface area contributed by atoms with Gasteiger partial charge in [-0.25, -0.2) is 5.90 Å². The summed E-state index contributed by atoms with van der Waals surface area (Å²) in [6, 6.07) is 12.9. The predicted octanol–water partition coefficient (Wildman–Crippen LogP) is 2.39. The van der Waals surface area contributed by atoms with Gasteiger partial charge in [-0.05, 0) is 24.3 Å². The second kappa shape index (κ2) is 5.58. The van der Waals surface area contributed by atoms with Gasteiger partial charge < -0.3 is 5.32 Å². The molecule has 17 heavy (non-hydrogen) atoms. The maximum absolute atomic E-state index is 11.9. The average molecular weight is 248 g/mol. The zero-order valence-corrected chi connectivity index (χ0v) is 9.87. The largest absolute Gasteiger partial charge is 0.321 e. The summed E-state index contributed by atoms with van der Waals surface area (Å²) in [5.74, 6) is 4.85. The Balaban J connectivity index is 2.04. The fraction of sp³-hybridized carbons (Fsp3) is 0.0833. The van der Waals surface area contributed by atoms with Crippen LogP contribution in [0.15, 0.2) is 42.5 Å². The molecule has 1 aromatic carbocycles. The zero-order chi connectivity index (χ0) is 12.1. The van der Waals surface area contributed by atoms with Gasteiger partial charge >= 0.3 is 0 Å². The molecule has 0 saturated carbocycles. The zero-order valence-electron chi connectivity index (χ0n) is 9.05. The van der Waals surface area contributed by atoms with Gasteiger partial charge in [0.05, 0.1) is 4.88 Å². The van der Waals surface area contributed by atoms with Crippen LogP contribution in [0.3, 0.4) is 0 Å². The number of nitrogens with one attached hydrogen (secondary N) is 1. The summed E-state index contributed by atoms with van der Waals surface area (Å²) in [6.45, 7) is 0.323. The van der Waals surface area contributed by atoms with Gasteiger partial charge in [-0.15, -0.1) is 11.3 Å². The Labute approximate surface area is 103 Å². The van der Waals surface area contributed by atoms with E-state index in [0.717, 1.165) is 10.6 Å². The van der Waals surface area contributed by atoms with E-state index in [4.69, 9.17) is 5.90 Å². The third kappa shape index (κ3) is 3.13. The molecule has 0 spiro atoms. The summed E-state index contributed by atoms with van der Waals surface area (Å²) in [5.41, 5.74) is 0.780. The third-order valence-corrected chi connectivity index (χ3v) is 3.20. The standard InChI is InChI=1S/C12H12N2O2S/c13-16-8-10-6-7-11(17-10)12(15)14-9-4-2-1-3-5-9/h1-7H,8,13H2,(H,14,15). The molecule has 2 rings (SSSR count). The van der Waals surface area contributed by atoms with Crippen LogP contribution in [0.4, 0.5) is 5.69 Å². The number of hydrogen-bond donors (Lipinski definition) is 2. The molecule has 0 aliphatic heterocycles. The molecule has 1 heterocycles. The molecule has 0 radical (unpaired) electrons. The van der Waals surface area contributed by atoms with E-state index in [9.17, 15) is 4.79 Å². The van der Waals surface area contributed by atoms with E-state index in [1.54, 1.807) is 6.07 Å². The van der Waals surface area contributed by atoms with E-state index >= 15 is 0 Å². The molecular weight excluding hydrogens is 236 g/mol. The number of amides is 1.